The van der Waals surface area contributed by atoms with Crippen molar-refractivity contribution in [3.63, 3.8) is 0 Å². The maximum Gasteiger partial charge on any atom is 0.251 e. The number of methoxy groups -OCH3 is 1. The summed E-state index contributed by atoms with van der Waals surface area (Å²) in [6, 6.07) is 6.26. The van der Waals surface area contributed by atoms with Crippen LogP contribution < -0.4 is 20.6 Å². The molecule has 1 saturated carbocycles. The van der Waals surface area contributed by atoms with Crippen molar-refractivity contribution in [1.82, 2.24) is 19.7 Å². The van der Waals surface area contributed by atoms with Crippen LogP contribution >= 0.6 is 0 Å². The van der Waals surface area contributed by atoms with Crippen LogP contribution in [0.4, 0.5) is 0 Å². The number of hydrogen-bond donors (Lipinski definition) is 1. The summed E-state index contributed by atoms with van der Waals surface area (Å²) in [6.07, 6.45) is 11.2. The van der Waals surface area contributed by atoms with E-state index >= 15 is 0 Å². The molecule has 1 fully saturated rings. The lowest BCUT2D eigenvalue weighted by Crippen LogP contribution is -2.39. The predicted octanol–water partition coefficient (Wildman–Crippen LogP) is 3.36. The van der Waals surface area contributed by atoms with Crippen molar-refractivity contribution in [1.29, 1.82) is 0 Å². The normalized spacial score (nSPS) is 18.2. The smallest absolute Gasteiger partial charge is 0.251 e. The zero-order chi connectivity index (χ0) is 30.7. The number of ether oxygens (including phenoxy) is 2. The molecule has 232 valence electrons. The second kappa shape index (κ2) is 13.5. The monoisotopic (exact) mass is 588 g/mol. The average Bonchev–Trinajstić information content (AvgIpc) is 3.28. The highest BCUT2D eigenvalue weighted by Gasteiger charge is 2.33. The molecule has 0 bridgehead atoms. The van der Waals surface area contributed by atoms with E-state index in [0.29, 0.717) is 38.6 Å². The average molecular weight is 589 g/mol. The van der Waals surface area contributed by atoms with Crippen molar-refractivity contribution >= 4 is 29.5 Å². The molecule has 1 aliphatic heterocycles. The number of allylic oxidation sites excluding steroid dienone is 1. The third-order valence-corrected chi connectivity index (χ3v) is 9.43. The van der Waals surface area contributed by atoms with Gasteiger partial charge in [-0.25, -0.2) is 0 Å². The molecule has 3 aliphatic rings. The standard InChI is InChI=1S/C35H48N4O4/c1-23-29-21-26(42-6)13-15-27(29)33-32(24-10-8-7-9-11-24)28-14-12-25(34(40)36-2)20-31(28)39(33)22-30(23)35(41)38(5)17-19-43-18-16-37(3)4/h13-15,20-21,24-25H,7-12,16-19,22H2,1-6H3,(H,36,40). The zero-order valence-corrected chi connectivity index (χ0v) is 26.8. The highest BCUT2D eigenvalue weighted by atomic mass is 16.5. The fourth-order valence-electron chi connectivity index (χ4n) is 6.92. The molecule has 0 radical (unpaired) electrons. The van der Waals surface area contributed by atoms with Crippen LogP contribution in [0.3, 0.4) is 0 Å². The number of hydrogen-bond acceptors (Lipinski definition) is 5. The van der Waals surface area contributed by atoms with Gasteiger partial charge in [0.05, 0.1) is 38.5 Å². The molecular formula is C35H48N4O4. The van der Waals surface area contributed by atoms with E-state index in [1.807, 2.05) is 27.2 Å². The molecule has 8 nitrogen and oxygen atoms in total. The van der Waals surface area contributed by atoms with Gasteiger partial charge in [0.1, 0.15) is 5.75 Å². The first kappa shape index (κ1) is 31.1. The maximum absolute atomic E-state index is 14.2. The number of nitrogens with zero attached hydrogens (tertiary/aromatic N) is 3. The van der Waals surface area contributed by atoms with Gasteiger partial charge < -0.3 is 29.2 Å². The lowest BCUT2D eigenvalue weighted by atomic mass is 9.81. The summed E-state index contributed by atoms with van der Waals surface area (Å²) in [4.78, 5) is 30.9. The summed E-state index contributed by atoms with van der Waals surface area (Å²) in [6.45, 7) is 4.98. The first-order valence-corrected chi connectivity index (χ1v) is 15.8. The van der Waals surface area contributed by atoms with Crippen LogP contribution in [0, 0.1) is 5.92 Å². The summed E-state index contributed by atoms with van der Waals surface area (Å²) >= 11 is 0. The molecule has 1 N–H and O–H groups in total. The largest absolute Gasteiger partial charge is 0.497 e. The number of fused-ring (bicyclic) bond motifs is 5. The van der Waals surface area contributed by atoms with E-state index in [2.05, 4.69) is 46.0 Å². The number of aromatic nitrogens is 1. The Balaban J connectivity index is 1.64. The van der Waals surface area contributed by atoms with Gasteiger partial charge in [-0.2, -0.15) is 0 Å². The Kier molecular flexibility index (Phi) is 9.77. The van der Waals surface area contributed by atoms with Crippen LogP contribution in [-0.2, 0) is 20.9 Å². The Bertz CT molecular complexity index is 1510. The van der Waals surface area contributed by atoms with Crippen LogP contribution in [0.5, 0.6) is 5.75 Å². The molecule has 2 amide bonds. The topological polar surface area (TPSA) is 76.0 Å². The van der Waals surface area contributed by atoms with Crippen molar-refractivity contribution in [2.45, 2.75) is 57.9 Å². The number of amides is 2. The molecule has 43 heavy (non-hydrogen) atoms. The Morgan fingerprint density at radius 1 is 1.05 bits per heavy atom. The van der Waals surface area contributed by atoms with E-state index in [4.69, 9.17) is 9.47 Å². The maximum atomic E-state index is 14.2. The molecule has 1 unspecified atom stereocenters. The third-order valence-electron chi connectivity index (χ3n) is 9.43. The molecule has 0 saturated heterocycles. The molecule has 8 heteroatoms. The van der Waals surface area contributed by atoms with Gasteiger partial charge in [-0.05, 0) is 92.4 Å². The van der Waals surface area contributed by atoms with E-state index in [1.54, 1.807) is 19.1 Å². The van der Waals surface area contributed by atoms with Crippen molar-refractivity contribution in [2.75, 3.05) is 61.6 Å². The van der Waals surface area contributed by atoms with Crippen molar-refractivity contribution < 1.29 is 19.1 Å². The number of rotatable bonds is 10. The SMILES string of the molecule is CNC(=O)C1C=c2c(c(C3CCCCC3)c3n2CC(C(=O)N(C)CCOCCN(C)C)=C(C)c2cc(OC)ccc2-3)=CC1. The van der Waals surface area contributed by atoms with Gasteiger partial charge in [-0.1, -0.05) is 25.3 Å². The van der Waals surface area contributed by atoms with E-state index in [1.165, 1.54) is 35.7 Å². The fourth-order valence-corrected chi connectivity index (χ4v) is 6.92. The van der Waals surface area contributed by atoms with Gasteiger partial charge in [-0.3, -0.25) is 9.59 Å². The van der Waals surface area contributed by atoms with E-state index in [-0.39, 0.29) is 17.7 Å². The van der Waals surface area contributed by atoms with Gasteiger partial charge >= 0.3 is 0 Å². The van der Waals surface area contributed by atoms with Crippen LogP contribution in [0.2, 0.25) is 0 Å². The highest BCUT2D eigenvalue weighted by molar-refractivity contribution is 6.03. The molecule has 1 aromatic carbocycles. The number of carbonyl (C=O) groups excluding carboxylic acids is 2. The zero-order valence-electron chi connectivity index (χ0n) is 26.8. The number of nitrogens with one attached hydrogen (secondary N) is 1. The minimum atomic E-state index is -0.236. The molecule has 2 heterocycles. The Morgan fingerprint density at radius 3 is 2.49 bits per heavy atom. The molecule has 1 atom stereocenters. The van der Waals surface area contributed by atoms with E-state index < -0.39 is 0 Å². The lowest BCUT2D eigenvalue weighted by Gasteiger charge is -2.24. The van der Waals surface area contributed by atoms with Crippen LogP contribution in [0.25, 0.3) is 29.0 Å². The summed E-state index contributed by atoms with van der Waals surface area (Å²) in [5.74, 6) is 1.01. The van der Waals surface area contributed by atoms with E-state index in [0.717, 1.165) is 52.8 Å². The minimum Gasteiger partial charge on any atom is -0.497 e. The second-order valence-corrected chi connectivity index (χ2v) is 12.5. The van der Waals surface area contributed by atoms with Gasteiger partial charge in [0.15, 0.2) is 0 Å². The Morgan fingerprint density at radius 2 is 1.79 bits per heavy atom. The molecule has 0 spiro atoms. The molecule has 2 aliphatic carbocycles. The number of carbonyl (C=O) groups is 2. The second-order valence-electron chi connectivity index (χ2n) is 12.5. The number of likely N-dealkylation sites (N-methyl/N-ethyl adjacent to an activating group) is 2. The van der Waals surface area contributed by atoms with Crippen molar-refractivity contribution in [2.24, 2.45) is 5.92 Å². The summed E-state index contributed by atoms with van der Waals surface area (Å²) in [5.41, 5.74) is 6.46. The molecule has 5 rings (SSSR count). The fraction of sp³-hybridized carbons (Fsp3) is 0.543. The van der Waals surface area contributed by atoms with Gasteiger partial charge in [0.2, 0.25) is 5.91 Å². The van der Waals surface area contributed by atoms with Gasteiger partial charge in [-0.15, -0.1) is 0 Å². The van der Waals surface area contributed by atoms with Crippen LogP contribution in [-0.4, -0.2) is 87.8 Å². The predicted molar refractivity (Wildman–Crippen MR) is 172 cm³/mol. The van der Waals surface area contributed by atoms with Crippen LogP contribution in [0.15, 0.2) is 23.8 Å². The summed E-state index contributed by atoms with van der Waals surface area (Å²) < 4.78 is 13.8. The van der Waals surface area contributed by atoms with Crippen LogP contribution in [0.1, 0.15) is 62.5 Å². The Hall–Kier alpha value is -3.36. The van der Waals surface area contributed by atoms with Gasteiger partial charge in [0.25, 0.3) is 5.91 Å². The van der Waals surface area contributed by atoms with Crippen molar-refractivity contribution in [3.05, 3.63) is 45.5 Å². The quantitative estimate of drug-likeness (QED) is 0.431. The first-order chi connectivity index (χ1) is 20.7. The molecular weight excluding hydrogens is 540 g/mol. The number of benzene rings is 1. The first-order valence-electron chi connectivity index (χ1n) is 15.8. The van der Waals surface area contributed by atoms with E-state index in [9.17, 15) is 9.59 Å². The summed E-state index contributed by atoms with van der Waals surface area (Å²) in [5, 5.41) is 5.15. The molecule has 2 aromatic rings. The minimum absolute atomic E-state index is 0.000337. The Labute approximate surface area is 256 Å². The lowest BCUT2D eigenvalue weighted by molar-refractivity contribution is -0.126. The summed E-state index contributed by atoms with van der Waals surface area (Å²) in [7, 11) is 9.28. The third kappa shape index (κ3) is 6.31. The molecule has 1 aromatic heterocycles. The van der Waals surface area contributed by atoms with Gasteiger partial charge in [0, 0.05) is 43.7 Å². The van der Waals surface area contributed by atoms with Crippen molar-refractivity contribution in [3.8, 4) is 17.0 Å². The highest BCUT2D eigenvalue weighted by Crippen LogP contribution is 2.42.